The van der Waals surface area contributed by atoms with Crippen molar-refractivity contribution in [1.29, 1.82) is 0 Å². The molecule has 0 bridgehead atoms. The number of likely N-dealkylation sites (N-methyl/N-ethyl adjacent to an activating group) is 1. The van der Waals surface area contributed by atoms with Crippen LogP contribution in [0.4, 0.5) is 4.79 Å². The summed E-state index contributed by atoms with van der Waals surface area (Å²) in [6.45, 7) is 12.5. The summed E-state index contributed by atoms with van der Waals surface area (Å²) in [5.41, 5.74) is 4.79. The van der Waals surface area contributed by atoms with Crippen LogP contribution in [0.2, 0.25) is 0 Å². The van der Waals surface area contributed by atoms with Gasteiger partial charge in [0.05, 0.1) is 159 Å². The molecule has 0 heterocycles. The Morgan fingerprint density at radius 3 is 1.03 bits per heavy atom. The highest BCUT2D eigenvalue weighted by Crippen LogP contribution is 2.44. The number of nitrogens with zero attached hydrogens (tertiary/aromatic N) is 1. The maximum atomic E-state index is 12.6. The molecule has 15 nitrogen and oxygen atoms in total. The lowest BCUT2D eigenvalue weighted by Crippen LogP contribution is -2.32. The minimum atomic E-state index is -0.366. The molecule has 0 aliphatic heterocycles. The van der Waals surface area contributed by atoms with Crippen LogP contribution in [0.5, 0.6) is 0 Å². The van der Waals surface area contributed by atoms with Crippen LogP contribution in [0.1, 0.15) is 17.0 Å². The second-order valence-corrected chi connectivity index (χ2v) is 13.1. The van der Waals surface area contributed by atoms with Gasteiger partial charge >= 0.3 is 6.09 Å². The van der Waals surface area contributed by atoms with E-state index in [1.165, 1.54) is 27.2 Å². The molecule has 0 saturated heterocycles. The summed E-state index contributed by atoms with van der Waals surface area (Å²) in [5.74, 6) is 0.528. The Kier molecular flexibility index (Phi) is 30.4. The van der Waals surface area contributed by atoms with E-state index >= 15 is 0 Å². The summed E-state index contributed by atoms with van der Waals surface area (Å²) in [5, 5.41) is 0. The molecule has 0 atom stereocenters. The molecule has 0 unspecified atom stereocenters. The normalized spacial score (nSPS) is 12.2. The van der Waals surface area contributed by atoms with E-state index in [1.54, 1.807) is 7.05 Å². The van der Waals surface area contributed by atoms with Crippen LogP contribution in [0.25, 0.3) is 11.1 Å². The molecule has 0 fully saturated rings. The Balaban J connectivity index is 0.950. The molecule has 1 aliphatic rings. The third-order valence-electron chi connectivity index (χ3n) is 8.53. The number of carbonyl (C=O) groups is 1. The van der Waals surface area contributed by atoms with Crippen molar-refractivity contribution < 1.29 is 66.4 Å². The van der Waals surface area contributed by atoms with Gasteiger partial charge in [-0.1, -0.05) is 48.5 Å². The molecule has 1 amide bonds. The van der Waals surface area contributed by atoms with Gasteiger partial charge in [-0.3, -0.25) is 0 Å². The van der Waals surface area contributed by atoms with Gasteiger partial charge in [0.2, 0.25) is 0 Å². The van der Waals surface area contributed by atoms with Gasteiger partial charge in [0.25, 0.3) is 0 Å². The van der Waals surface area contributed by atoms with Gasteiger partial charge in [-0.2, -0.15) is 0 Å². The Bertz CT molecular complexity index is 1230. The molecule has 0 saturated carbocycles. The van der Waals surface area contributed by atoms with E-state index in [2.05, 4.69) is 24.3 Å². The van der Waals surface area contributed by atoms with Gasteiger partial charge < -0.3 is 66.5 Å². The minimum absolute atomic E-state index is 0.0363. The zero-order chi connectivity index (χ0) is 41.0. The van der Waals surface area contributed by atoms with Crippen LogP contribution in [-0.2, 0) is 61.6 Å². The smallest absolute Gasteiger partial charge is 0.409 e. The third-order valence-corrected chi connectivity index (χ3v) is 8.69. The highest BCUT2D eigenvalue weighted by Gasteiger charge is 2.29. The molecule has 1 aliphatic carbocycles. The van der Waals surface area contributed by atoms with Crippen molar-refractivity contribution in [3.63, 3.8) is 0 Å². The van der Waals surface area contributed by atoms with Crippen molar-refractivity contribution >= 4 is 17.7 Å². The molecule has 58 heavy (non-hydrogen) atoms. The molecule has 2 aromatic carbocycles. The maximum absolute atomic E-state index is 12.6. The Hall–Kier alpha value is -2.48. The second-order valence-electron chi connectivity index (χ2n) is 12.8. The number of fused-ring (bicyclic) bond motifs is 3. The SMILES string of the molecule is CN(CCOCCOCCOCCOCCOCCOCCOCCOCCOCCOCCOCCOCCCl)C(=O)OCC1c2ccccc2-c2ccccc21. The van der Waals surface area contributed by atoms with Crippen molar-refractivity contribution in [3.05, 3.63) is 59.7 Å². The fraction of sp³-hybridized carbons (Fsp3) is 0.690. The number of hydrogen-bond acceptors (Lipinski definition) is 14. The lowest BCUT2D eigenvalue weighted by Gasteiger charge is -2.19. The first-order chi connectivity index (χ1) is 28.7. The average molecular weight is 844 g/mol. The van der Waals surface area contributed by atoms with E-state index in [0.29, 0.717) is 178 Å². The van der Waals surface area contributed by atoms with E-state index in [9.17, 15) is 4.79 Å². The predicted octanol–water partition coefficient (Wildman–Crippen LogP) is 4.31. The van der Waals surface area contributed by atoms with Crippen molar-refractivity contribution in [2.45, 2.75) is 5.92 Å². The molecular formula is C42H66ClNO14. The first-order valence-corrected chi connectivity index (χ1v) is 20.8. The topological polar surface area (TPSA) is 140 Å². The zero-order valence-corrected chi connectivity index (χ0v) is 35.1. The summed E-state index contributed by atoms with van der Waals surface area (Å²) < 4.78 is 71.4. The molecule has 3 rings (SSSR count). The Morgan fingerprint density at radius 2 is 0.724 bits per heavy atom. The van der Waals surface area contributed by atoms with E-state index < -0.39 is 0 Å². The number of rotatable bonds is 40. The average Bonchev–Trinajstić information content (AvgIpc) is 3.57. The van der Waals surface area contributed by atoms with E-state index in [1.807, 2.05) is 24.3 Å². The van der Waals surface area contributed by atoms with E-state index in [-0.39, 0.29) is 12.0 Å². The van der Waals surface area contributed by atoms with Gasteiger partial charge in [0.1, 0.15) is 6.61 Å². The van der Waals surface area contributed by atoms with Gasteiger partial charge in [0.15, 0.2) is 0 Å². The third kappa shape index (κ3) is 23.3. The Labute approximate surface area is 349 Å². The molecular weight excluding hydrogens is 778 g/mol. The monoisotopic (exact) mass is 843 g/mol. The predicted molar refractivity (Wildman–Crippen MR) is 218 cm³/mol. The number of amides is 1. The maximum Gasteiger partial charge on any atom is 0.409 e. The van der Waals surface area contributed by atoms with Crippen molar-refractivity contribution in [2.24, 2.45) is 0 Å². The van der Waals surface area contributed by atoms with Crippen LogP contribution in [0, 0.1) is 0 Å². The number of ether oxygens (including phenoxy) is 13. The molecule has 330 valence electrons. The van der Waals surface area contributed by atoms with Crippen LogP contribution in [-0.4, -0.2) is 196 Å². The first-order valence-electron chi connectivity index (χ1n) is 20.3. The standard InChI is InChI=1S/C42H66ClNO14/c1-44(42(45)58-36-41-39-8-4-2-6-37(39)38-7-3-5-9-40(38)41)11-13-47-15-17-49-19-21-51-23-25-53-27-29-55-31-33-57-35-34-56-32-30-54-28-26-52-24-22-50-20-18-48-16-14-46-12-10-43/h2-9,41H,10-36H2,1H3. The highest BCUT2D eigenvalue weighted by atomic mass is 35.5. The molecule has 0 spiro atoms. The molecule has 2 aromatic rings. The summed E-state index contributed by atoms with van der Waals surface area (Å²) in [4.78, 5) is 14.2. The number of alkyl halides is 1. The number of halogens is 1. The second kappa shape index (κ2) is 35.3. The Morgan fingerprint density at radius 1 is 0.448 bits per heavy atom. The van der Waals surface area contributed by atoms with Crippen LogP contribution in [0.15, 0.2) is 48.5 Å². The quantitative estimate of drug-likeness (QED) is 0.0696. The highest BCUT2D eigenvalue weighted by molar-refractivity contribution is 6.17. The fourth-order valence-electron chi connectivity index (χ4n) is 5.57. The molecule has 0 aromatic heterocycles. The van der Waals surface area contributed by atoms with Crippen molar-refractivity contribution in [3.8, 4) is 11.1 Å². The number of benzene rings is 2. The summed E-state index contributed by atoms with van der Waals surface area (Å²) in [6, 6.07) is 16.6. The van der Waals surface area contributed by atoms with Crippen LogP contribution in [0.3, 0.4) is 0 Å². The van der Waals surface area contributed by atoms with Crippen molar-refractivity contribution in [2.75, 3.05) is 185 Å². The molecule has 16 heteroatoms. The number of hydrogen-bond donors (Lipinski definition) is 0. The first kappa shape index (κ1) is 49.9. The van der Waals surface area contributed by atoms with E-state index in [4.69, 9.17) is 73.2 Å². The van der Waals surface area contributed by atoms with Gasteiger partial charge in [-0.25, -0.2) is 4.79 Å². The fourth-order valence-corrected chi connectivity index (χ4v) is 5.68. The molecule has 0 radical (unpaired) electrons. The lowest BCUT2D eigenvalue weighted by molar-refractivity contribution is -0.0283. The minimum Gasteiger partial charge on any atom is -0.448 e. The van der Waals surface area contributed by atoms with Crippen molar-refractivity contribution in [1.82, 2.24) is 4.90 Å². The number of carbonyl (C=O) groups excluding carboxylic acids is 1. The van der Waals surface area contributed by atoms with Gasteiger partial charge in [-0.05, 0) is 22.3 Å². The summed E-state index contributed by atoms with van der Waals surface area (Å²) in [7, 11) is 1.71. The van der Waals surface area contributed by atoms with Gasteiger partial charge in [0, 0.05) is 25.4 Å². The lowest BCUT2D eigenvalue weighted by atomic mass is 9.98. The van der Waals surface area contributed by atoms with Crippen LogP contribution < -0.4 is 0 Å². The zero-order valence-electron chi connectivity index (χ0n) is 34.3. The van der Waals surface area contributed by atoms with Crippen LogP contribution >= 0.6 is 11.6 Å². The van der Waals surface area contributed by atoms with E-state index in [0.717, 1.165) is 0 Å². The molecule has 0 N–H and O–H groups in total. The summed E-state index contributed by atoms with van der Waals surface area (Å²) in [6.07, 6.45) is -0.366. The van der Waals surface area contributed by atoms with Gasteiger partial charge in [-0.15, -0.1) is 11.6 Å². The summed E-state index contributed by atoms with van der Waals surface area (Å²) >= 11 is 5.52. The largest absolute Gasteiger partial charge is 0.448 e.